The Bertz CT molecular complexity index is 1760. The van der Waals surface area contributed by atoms with Gasteiger partial charge >= 0.3 is 12.3 Å². The van der Waals surface area contributed by atoms with Crippen LogP contribution in [0.5, 0.6) is 5.88 Å². The Labute approximate surface area is 257 Å². The maximum absolute atomic E-state index is 14.4. The van der Waals surface area contributed by atoms with Gasteiger partial charge in [-0.05, 0) is 71.6 Å². The Morgan fingerprint density at radius 3 is 2.47 bits per heavy atom. The highest BCUT2D eigenvalue weighted by atomic mass is 19.4. The maximum Gasteiger partial charge on any atom is 0.410 e. The van der Waals surface area contributed by atoms with Crippen LogP contribution in [0.3, 0.4) is 0 Å². The predicted octanol–water partition coefficient (Wildman–Crippen LogP) is 6.20. The van der Waals surface area contributed by atoms with Gasteiger partial charge < -0.3 is 14.4 Å². The number of carbonyl (C=O) groups is 1. The number of rotatable bonds is 6. The van der Waals surface area contributed by atoms with E-state index in [4.69, 9.17) is 9.47 Å². The first-order valence-electron chi connectivity index (χ1n) is 14.8. The Balaban J connectivity index is 1.33. The van der Waals surface area contributed by atoms with Crippen molar-refractivity contribution in [3.63, 3.8) is 0 Å². The summed E-state index contributed by atoms with van der Waals surface area (Å²) in [5, 5.41) is 18.6. The summed E-state index contributed by atoms with van der Waals surface area (Å²) in [5.41, 5.74) is -0.349. The Morgan fingerprint density at radius 2 is 1.87 bits per heavy atom. The molecule has 0 radical (unpaired) electrons. The van der Waals surface area contributed by atoms with E-state index in [1.807, 2.05) is 38.4 Å². The average Bonchev–Trinajstić information content (AvgIpc) is 3.57. The van der Waals surface area contributed by atoms with E-state index in [-0.39, 0.29) is 42.2 Å². The van der Waals surface area contributed by atoms with Crippen molar-refractivity contribution in [1.29, 1.82) is 5.26 Å². The number of nitriles is 1. The molecule has 1 aliphatic carbocycles. The molecule has 1 amide bonds. The van der Waals surface area contributed by atoms with Gasteiger partial charge in [0.2, 0.25) is 5.88 Å². The van der Waals surface area contributed by atoms with Gasteiger partial charge in [0.05, 0.1) is 23.6 Å². The number of imidazole rings is 1. The number of hydrogen-bond acceptors (Lipinski definition) is 8. The minimum atomic E-state index is -4.53. The molecular formula is C31H33F3N8O3. The van der Waals surface area contributed by atoms with Crippen LogP contribution in [0, 0.1) is 23.7 Å². The SMILES string of the molecule is Cc1c(-c2cc(OC(c3ccccn3)C3(C(F)(F)F)CC3)n3c(C#N)cnc3c2)nnn1C1CCN(C(=O)OC(C)(C)C)CC1. The quantitative estimate of drug-likeness (QED) is 0.249. The zero-order valence-corrected chi connectivity index (χ0v) is 25.4. The molecule has 0 aromatic carbocycles. The number of carbonyl (C=O) groups excluding carboxylic acids is 1. The summed E-state index contributed by atoms with van der Waals surface area (Å²) in [6, 6.07) is 10.1. The minimum absolute atomic E-state index is 0.0161. The van der Waals surface area contributed by atoms with Crippen molar-refractivity contribution in [3.05, 3.63) is 59.8 Å². The van der Waals surface area contributed by atoms with E-state index >= 15 is 0 Å². The van der Waals surface area contributed by atoms with E-state index in [0.29, 0.717) is 42.8 Å². The van der Waals surface area contributed by atoms with Crippen LogP contribution in [-0.2, 0) is 4.74 Å². The van der Waals surface area contributed by atoms with Gasteiger partial charge in [-0.25, -0.2) is 14.5 Å². The molecule has 2 aliphatic rings. The second-order valence-corrected chi connectivity index (χ2v) is 12.6. The van der Waals surface area contributed by atoms with Crippen molar-refractivity contribution in [2.24, 2.45) is 5.41 Å². The van der Waals surface area contributed by atoms with Gasteiger partial charge in [-0.2, -0.15) is 18.4 Å². The summed E-state index contributed by atoms with van der Waals surface area (Å²) < 4.78 is 58.2. The molecular weight excluding hydrogens is 589 g/mol. The molecule has 14 heteroatoms. The molecule has 1 aliphatic heterocycles. The molecule has 45 heavy (non-hydrogen) atoms. The minimum Gasteiger partial charge on any atom is -0.468 e. The van der Waals surface area contributed by atoms with Crippen molar-refractivity contribution in [1.82, 2.24) is 34.3 Å². The second-order valence-electron chi connectivity index (χ2n) is 12.6. The molecule has 6 rings (SSSR count). The van der Waals surface area contributed by atoms with Crippen LogP contribution < -0.4 is 4.74 Å². The highest BCUT2D eigenvalue weighted by Gasteiger charge is 2.69. The molecule has 11 nitrogen and oxygen atoms in total. The number of alkyl halides is 3. The first kappa shape index (κ1) is 30.4. The van der Waals surface area contributed by atoms with Gasteiger partial charge in [0.1, 0.15) is 34.1 Å². The summed E-state index contributed by atoms with van der Waals surface area (Å²) in [7, 11) is 0. The lowest BCUT2D eigenvalue weighted by atomic mass is 9.95. The van der Waals surface area contributed by atoms with Crippen LogP contribution >= 0.6 is 0 Å². The molecule has 1 atom stereocenters. The molecule has 4 aromatic rings. The van der Waals surface area contributed by atoms with E-state index in [1.165, 1.54) is 22.9 Å². The normalized spacial score (nSPS) is 17.6. The van der Waals surface area contributed by atoms with Crippen molar-refractivity contribution < 1.29 is 27.4 Å². The van der Waals surface area contributed by atoms with Crippen molar-refractivity contribution >= 4 is 11.7 Å². The lowest BCUT2D eigenvalue weighted by molar-refractivity contribution is -0.212. The standard InChI is InChI=1S/C31H33F3N8O3/c1-19-26(38-39-42(19)21-8-13-40(14-9-21)28(43)45-29(2,3)4)20-15-24-37-18-22(17-35)41(24)25(16-20)44-27(23-7-5-6-12-36-23)30(10-11-30)31(32,33)34/h5-7,12,15-16,18,21,27H,8-11,13-14H2,1-4H3. The molecule has 0 N–H and O–H groups in total. The summed E-state index contributed by atoms with van der Waals surface area (Å²) in [6.07, 6.45) is -2.46. The largest absolute Gasteiger partial charge is 0.468 e. The Morgan fingerprint density at radius 1 is 1.13 bits per heavy atom. The smallest absolute Gasteiger partial charge is 0.410 e. The third kappa shape index (κ3) is 5.67. The van der Waals surface area contributed by atoms with Crippen LogP contribution in [0.1, 0.15) is 75.7 Å². The fraction of sp³-hybridized carbons (Fsp3) is 0.484. The number of ether oxygens (including phenoxy) is 2. The Kier molecular flexibility index (Phi) is 7.45. The van der Waals surface area contributed by atoms with Crippen molar-refractivity contribution in [2.75, 3.05) is 13.1 Å². The highest BCUT2D eigenvalue weighted by molar-refractivity contribution is 5.69. The van der Waals surface area contributed by atoms with E-state index in [9.17, 15) is 23.2 Å². The average molecular weight is 623 g/mol. The van der Waals surface area contributed by atoms with E-state index in [1.54, 1.807) is 29.2 Å². The zero-order valence-electron chi connectivity index (χ0n) is 25.4. The highest BCUT2D eigenvalue weighted by Crippen LogP contribution is 2.65. The first-order valence-corrected chi connectivity index (χ1v) is 14.8. The van der Waals surface area contributed by atoms with Crippen LogP contribution in [0.15, 0.2) is 42.7 Å². The van der Waals surface area contributed by atoms with Gasteiger partial charge in [0.25, 0.3) is 0 Å². The van der Waals surface area contributed by atoms with Gasteiger partial charge in [-0.1, -0.05) is 11.3 Å². The van der Waals surface area contributed by atoms with Crippen LogP contribution in [0.25, 0.3) is 16.9 Å². The molecule has 1 saturated heterocycles. The molecule has 5 heterocycles. The third-order valence-corrected chi connectivity index (χ3v) is 8.40. The van der Waals surface area contributed by atoms with Gasteiger partial charge in [-0.3, -0.25) is 9.38 Å². The summed E-state index contributed by atoms with van der Waals surface area (Å²) in [6.45, 7) is 8.35. The fourth-order valence-electron chi connectivity index (χ4n) is 5.89. The van der Waals surface area contributed by atoms with Crippen LogP contribution in [0.4, 0.5) is 18.0 Å². The number of piperidine rings is 1. The predicted molar refractivity (Wildman–Crippen MR) is 155 cm³/mol. The number of aromatic nitrogens is 6. The molecule has 2 fully saturated rings. The molecule has 0 spiro atoms. The third-order valence-electron chi connectivity index (χ3n) is 8.40. The second kappa shape index (κ2) is 11.0. The molecule has 1 unspecified atom stereocenters. The number of amides is 1. The van der Waals surface area contributed by atoms with Crippen LogP contribution in [-0.4, -0.2) is 65.2 Å². The zero-order chi connectivity index (χ0) is 32.1. The number of fused-ring (bicyclic) bond motifs is 1. The number of pyridine rings is 2. The van der Waals surface area contributed by atoms with E-state index in [2.05, 4.69) is 20.3 Å². The monoisotopic (exact) mass is 622 g/mol. The number of hydrogen-bond donors (Lipinski definition) is 0. The van der Waals surface area contributed by atoms with Gasteiger partial charge in [0, 0.05) is 30.9 Å². The number of likely N-dealkylation sites (tertiary alicyclic amines) is 1. The van der Waals surface area contributed by atoms with Crippen LogP contribution in [0.2, 0.25) is 0 Å². The number of nitrogens with zero attached hydrogens (tertiary/aromatic N) is 8. The Hall–Kier alpha value is -4.67. The lowest BCUT2D eigenvalue weighted by Gasteiger charge is -2.33. The van der Waals surface area contributed by atoms with Gasteiger partial charge in [0.15, 0.2) is 6.10 Å². The maximum atomic E-state index is 14.4. The van der Waals surface area contributed by atoms with Crippen molar-refractivity contribution in [2.45, 2.75) is 77.3 Å². The lowest BCUT2D eigenvalue weighted by Crippen LogP contribution is -2.42. The van der Waals surface area contributed by atoms with E-state index in [0.717, 1.165) is 5.69 Å². The van der Waals surface area contributed by atoms with Crippen molar-refractivity contribution in [3.8, 4) is 23.2 Å². The fourth-order valence-corrected chi connectivity index (χ4v) is 5.89. The first-order chi connectivity index (χ1) is 21.3. The molecule has 236 valence electrons. The summed E-state index contributed by atoms with van der Waals surface area (Å²) in [5.74, 6) is 0.0161. The number of halogens is 3. The van der Waals surface area contributed by atoms with Gasteiger partial charge in [-0.15, -0.1) is 5.10 Å². The topological polar surface area (TPSA) is 123 Å². The summed E-state index contributed by atoms with van der Waals surface area (Å²) in [4.78, 5) is 22.8. The molecule has 4 aromatic heterocycles. The molecule has 0 bridgehead atoms. The summed E-state index contributed by atoms with van der Waals surface area (Å²) >= 11 is 0. The van der Waals surface area contributed by atoms with E-state index < -0.39 is 23.3 Å². The molecule has 1 saturated carbocycles.